The molecule has 0 radical (unpaired) electrons. The molecule has 0 saturated carbocycles. The predicted octanol–water partition coefficient (Wildman–Crippen LogP) is 3.97. The molecular formula is C26H32N2O4S. The summed E-state index contributed by atoms with van der Waals surface area (Å²) in [5.41, 5.74) is 3.57. The van der Waals surface area contributed by atoms with Gasteiger partial charge in [-0.25, -0.2) is 4.79 Å². The lowest BCUT2D eigenvalue weighted by Gasteiger charge is -2.21. The van der Waals surface area contributed by atoms with Crippen LogP contribution in [0.2, 0.25) is 0 Å². The number of para-hydroxylation sites is 1. The Hall–Kier alpha value is -2.80. The van der Waals surface area contributed by atoms with Gasteiger partial charge in [0.2, 0.25) is 0 Å². The quantitative estimate of drug-likeness (QED) is 0.594. The van der Waals surface area contributed by atoms with Gasteiger partial charge in [-0.3, -0.25) is 9.59 Å². The van der Waals surface area contributed by atoms with Gasteiger partial charge in [0, 0.05) is 17.8 Å². The van der Waals surface area contributed by atoms with E-state index in [1.165, 1.54) is 0 Å². The summed E-state index contributed by atoms with van der Waals surface area (Å²) in [5, 5.41) is 2.78. The van der Waals surface area contributed by atoms with E-state index in [9.17, 15) is 14.4 Å². The summed E-state index contributed by atoms with van der Waals surface area (Å²) in [6, 6.07) is 14.3. The molecule has 0 saturated heterocycles. The maximum Gasteiger partial charge on any atom is 0.329 e. The van der Waals surface area contributed by atoms with Gasteiger partial charge >= 0.3 is 5.97 Å². The minimum atomic E-state index is -0.814. The summed E-state index contributed by atoms with van der Waals surface area (Å²) in [6.07, 6.45) is 3.15. The number of thioether (sulfide) groups is 1. The highest BCUT2D eigenvalue weighted by Crippen LogP contribution is 2.27. The summed E-state index contributed by atoms with van der Waals surface area (Å²) in [4.78, 5) is 39.8. The smallest absolute Gasteiger partial charge is 0.329 e. The molecule has 7 heteroatoms. The summed E-state index contributed by atoms with van der Waals surface area (Å²) in [6.45, 7) is 6.56. The normalized spacial score (nSPS) is 13.9. The SMILES string of the molecule is CSCC[C@@H](NC(=O)c1ccc(C(C)(C)C)cc1)C(=O)OCC(=O)N1CCc2ccccc21. The number of hydrogen-bond acceptors (Lipinski definition) is 5. The number of nitrogens with one attached hydrogen (secondary N) is 1. The molecule has 1 aliphatic rings. The lowest BCUT2D eigenvalue weighted by molar-refractivity contribution is -0.149. The van der Waals surface area contributed by atoms with E-state index in [0.29, 0.717) is 24.3 Å². The zero-order valence-corrected chi connectivity index (χ0v) is 20.5. The van der Waals surface area contributed by atoms with Gasteiger partial charge in [-0.2, -0.15) is 11.8 Å². The van der Waals surface area contributed by atoms with Crippen LogP contribution >= 0.6 is 11.8 Å². The van der Waals surface area contributed by atoms with Crippen molar-refractivity contribution in [2.24, 2.45) is 0 Å². The van der Waals surface area contributed by atoms with E-state index in [4.69, 9.17) is 4.74 Å². The zero-order valence-electron chi connectivity index (χ0n) is 19.7. The van der Waals surface area contributed by atoms with Gasteiger partial charge in [0.05, 0.1) is 0 Å². The highest BCUT2D eigenvalue weighted by atomic mass is 32.2. The Kier molecular flexibility index (Phi) is 8.19. The number of fused-ring (bicyclic) bond motifs is 1. The third-order valence-corrected chi connectivity index (χ3v) is 6.38. The number of hydrogen-bond donors (Lipinski definition) is 1. The fraction of sp³-hybridized carbons (Fsp3) is 0.423. The molecule has 0 aliphatic carbocycles. The number of esters is 1. The van der Waals surface area contributed by atoms with E-state index in [1.807, 2.05) is 42.7 Å². The average Bonchev–Trinajstić information content (AvgIpc) is 3.23. The molecular weight excluding hydrogens is 436 g/mol. The number of benzene rings is 2. The molecule has 0 unspecified atom stereocenters. The van der Waals surface area contributed by atoms with E-state index in [0.717, 1.165) is 23.2 Å². The van der Waals surface area contributed by atoms with Gasteiger partial charge < -0.3 is 15.0 Å². The number of amides is 2. The van der Waals surface area contributed by atoms with Crippen LogP contribution < -0.4 is 10.2 Å². The summed E-state index contributed by atoms with van der Waals surface area (Å²) in [7, 11) is 0. The van der Waals surface area contributed by atoms with Gasteiger partial charge in [-0.05, 0) is 59.6 Å². The molecule has 1 N–H and O–H groups in total. The molecule has 0 spiro atoms. The second-order valence-electron chi connectivity index (χ2n) is 9.17. The molecule has 2 amide bonds. The highest BCUT2D eigenvalue weighted by molar-refractivity contribution is 7.98. The lowest BCUT2D eigenvalue weighted by atomic mass is 9.86. The van der Waals surface area contributed by atoms with Crippen LogP contribution in [-0.2, 0) is 26.2 Å². The van der Waals surface area contributed by atoms with Gasteiger partial charge in [0.15, 0.2) is 6.61 Å². The predicted molar refractivity (Wildman–Crippen MR) is 133 cm³/mol. The van der Waals surface area contributed by atoms with E-state index in [1.54, 1.807) is 28.8 Å². The highest BCUT2D eigenvalue weighted by Gasteiger charge is 2.27. The maximum absolute atomic E-state index is 12.8. The number of nitrogens with zero attached hydrogens (tertiary/aromatic N) is 1. The van der Waals surface area contributed by atoms with Crippen LogP contribution in [0, 0.1) is 0 Å². The maximum atomic E-state index is 12.8. The van der Waals surface area contributed by atoms with Crippen LogP contribution in [0.5, 0.6) is 0 Å². The number of anilines is 1. The van der Waals surface area contributed by atoms with E-state index < -0.39 is 12.0 Å². The molecule has 1 atom stereocenters. The fourth-order valence-electron chi connectivity index (χ4n) is 3.76. The summed E-state index contributed by atoms with van der Waals surface area (Å²) < 4.78 is 5.34. The number of ether oxygens (including phenoxy) is 1. The molecule has 3 rings (SSSR count). The molecule has 176 valence electrons. The first kappa shape index (κ1) is 24.8. The summed E-state index contributed by atoms with van der Waals surface area (Å²) in [5.74, 6) is -0.514. The topological polar surface area (TPSA) is 75.7 Å². The van der Waals surface area contributed by atoms with Gasteiger partial charge in [-0.1, -0.05) is 51.1 Å². The van der Waals surface area contributed by atoms with Crippen molar-refractivity contribution < 1.29 is 19.1 Å². The van der Waals surface area contributed by atoms with Crippen molar-refractivity contribution in [3.05, 3.63) is 65.2 Å². The third kappa shape index (κ3) is 6.38. The van der Waals surface area contributed by atoms with Crippen molar-refractivity contribution in [2.45, 2.75) is 45.1 Å². The Morgan fingerprint density at radius 3 is 2.45 bits per heavy atom. The molecule has 1 aliphatic heterocycles. The monoisotopic (exact) mass is 468 g/mol. The zero-order chi connectivity index (χ0) is 24.0. The Morgan fingerprint density at radius 1 is 1.09 bits per heavy atom. The van der Waals surface area contributed by atoms with Crippen molar-refractivity contribution in [1.29, 1.82) is 0 Å². The summed E-state index contributed by atoms with van der Waals surface area (Å²) >= 11 is 1.58. The minimum Gasteiger partial charge on any atom is -0.454 e. The molecule has 2 aromatic rings. The molecule has 33 heavy (non-hydrogen) atoms. The minimum absolute atomic E-state index is 0.0118. The van der Waals surface area contributed by atoms with Gasteiger partial charge in [0.1, 0.15) is 6.04 Å². The van der Waals surface area contributed by atoms with Gasteiger partial charge in [-0.15, -0.1) is 0 Å². The van der Waals surface area contributed by atoms with E-state index >= 15 is 0 Å². The van der Waals surface area contributed by atoms with Crippen molar-refractivity contribution in [3.63, 3.8) is 0 Å². The van der Waals surface area contributed by atoms with Crippen LogP contribution in [0.1, 0.15) is 48.7 Å². The Bertz CT molecular complexity index is 998. The Morgan fingerprint density at radius 2 is 1.79 bits per heavy atom. The largest absolute Gasteiger partial charge is 0.454 e. The standard InChI is InChI=1S/C26H32N2O4S/c1-26(2,3)20-11-9-19(10-12-20)24(30)27-21(14-16-33-4)25(31)32-17-23(29)28-15-13-18-7-5-6-8-22(18)28/h5-12,21H,13-17H2,1-4H3,(H,27,30)/t21-/m1/s1. The van der Waals surface area contributed by atoms with E-state index in [-0.39, 0.29) is 23.8 Å². The average molecular weight is 469 g/mol. The van der Waals surface area contributed by atoms with Crippen molar-refractivity contribution in [3.8, 4) is 0 Å². The van der Waals surface area contributed by atoms with Crippen LogP contribution in [0.3, 0.4) is 0 Å². The molecule has 2 aromatic carbocycles. The molecule has 0 bridgehead atoms. The second-order valence-corrected chi connectivity index (χ2v) is 10.2. The fourth-order valence-corrected chi connectivity index (χ4v) is 4.23. The van der Waals surface area contributed by atoms with Crippen molar-refractivity contribution in [1.82, 2.24) is 5.32 Å². The molecule has 0 aromatic heterocycles. The number of carbonyl (C=O) groups excluding carboxylic acids is 3. The first-order valence-corrected chi connectivity index (χ1v) is 12.6. The Labute approximate surface area is 200 Å². The van der Waals surface area contributed by atoms with Crippen LogP contribution in [0.4, 0.5) is 5.69 Å². The van der Waals surface area contributed by atoms with Gasteiger partial charge in [0.25, 0.3) is 11.8 Å². The number of carbonyl (C=O) groups is 3. The Balaban J connectivity index is 1.60. The van der Waals surface area contributed by atoms with Crippen LogP contribution in [0.15, 0.2) is 48.5 Å². The first-order chi connectivity index (χ1) is 15.7. The van der Waals surface area contributed by atoms with Crippen LogP contribution in [0.25, 0.3) is 0 Å². The second kappa shape index (κ2) is 10.9. The van der Waals surface area contributed by atoms with Crippen LogP contribution in [-0.4, -0.2) is 49.0 Å². The molecule has 0 fully saturated rings. The van der Waals surface area contributed by atoms with E-state index in [2.05, 4.69) is 26.1 Å². The first-order valence-electron chi connectivity index (χ1n) is 11.2. The lowest BCUT2D eigenvalue weighted by Crippen LogP contribution is -2.43. The third-order valence-electron chi connectivity index (χ3n) is 5.74. The molecule has 6 nitrogen and oxygen atoms in total. The number of rotatable bonds is 8. The van der Waals surface area contributed by atoms with Crippen molar-refractivity contribution in [2.75, 3.05) is 30.1 Å². The van der Waals surface area contributed by atoms with Crippen molar-refractivity contribution >= 4 is 35.2 Å². The molecule has 1 heterocycles.